The molecule has 1 aromatic rings. The Bertz CT molecular complexity index is 523. The van der Waals surface area contributed by atoms with Gasteiger partial charge in [0.15, 0.2) is 0 Å². The molecule has 0 aromatic carbocycles. The predicted octanol–water partition coefficient (Wildman–Crippen LogP) is 0.481. The van der Waals surface area contributed by atoms with Crippen LogP contribution in [-0.4, -0.2) is 44.4 Å². The number of nitrogens with zero attached hydrogens (tertiary/aromatic N) is 2. The minimum atomic E-state index is -3.41. The highest BCUT2D eigenvalue weighted by atomic mass is 32.2. The van der Waals surface area contributed by atoms with E-state index in [1.807, 2.05) is 0 Å². The van der Waals surface area contributed by atoms with Crippen LogP contribution in [0, 0.1) is 5.92 Å². The fraction of sp³-hybridized carbons (Fsp3) is 0.583. The van der Waals surface area contributed by atoms with Gasteiger partial charge in [-0.15, -0.1) is 0 Å². The van der Waals surface area contributed by atoms with Gasteiger partial charge in [0.05, 0.1) is 0 Å². The zero-order valence-corrected chi connectivity index (χ0v) is 12.0. The third-order valence-corrected chi connectivity index (χ3v) is 5.06. The maximum absolute atomic E-state index is 11.9. The maximum atomic E-state index is 11.9. The van der Waals surface area contributed by atoms with Crippen molar-refractivity contribution in [3.8, 4) is 0 Å². The van der Waals surface area contributed by atoms with Crippen LogP contribution in [0.1, 0.15) is 12.8 Å². The standard InChI is InChI=1S/C12H20N4O2S/c1-16(2)19(17,18)10-5-6-12(14-7-10)15-8-11(13)9-3-4-9/h5-7,9,11H,3-4,8,13H2,1-2H3,(H,14,15). The number of anilines is 1. The lowest BCUT2D eigenvalue weighted by molar-refractivity contribution is 0.520. The molecule has 6 nitrogen and oxygen atoms in total. The van der Waals surface area contributed by atoms with E-state index in [0.29, 0.717) is 18.3 Å². The normalized spacial score (nSPS) is 17.5. The SMILES string of the molecule is CN(C)S(=O)(=O)c1ccc(NCC(N)C2CC2)nc1. The van der Waals surface area contributed by atoms with Crippen molar-refractivity contribution in [3.63, 3.8) is 0 Å². The summed E-state index contributed by atoms with van der Waals surface area (Å²) in [5.74, 6) is 1.27. The second kappa shape index (κ2) is 5.44. The fourth-order valence-electron chi connectivity index (χ4n) is 1.76. The van der Waals surface area contributed by atoms with Crippen LogP contribution < -0.4 is 11.1 Å². The van der Waals surface area contributed by atoms with E-state index in [1.165, 1.54) is 37.4 Å². The summed E-state index contributed by atoms with van der Waals surface area (Å²) < 4.78 is 24.9. The Balaban J connectivity index is 1.98. The molecule has 19 heavy (non-hydrogen) atoms. The summed E-state index contributed by atoms with van der Waals surface area (Å²) in [6.07, 6.45) is 3.77. The number of hydrogen-bond donors (Lipinski definition) is 2. The molecule has 0 bridgehead atoms. The van der Waals surface area contributed by atoms with Crippen LogP contribution >= 0.6 is 0 Å². The van der Waals surface area contributed by atoms with Gasteiger partial charge in [-0.3, -0.25) is 0 Å². The largest absolute Gasteiger partial charge is 0.369 e. The molecule has 3 N–H and O–H groups in total. The van der Waals surface area contributed by atoms with Gasteiger partial charge in [0.25, 0.3) is 0 Å². The Morgan fingerprint density at radius 3 is 2.63 bits per heavy atom. The van der Waals surface area contributed by atoms with Crippen molar-refractivity contribution < 1.29 is 8.42 Å². The molecule has 1 aromatic heterocycles. The quantitative estimate of drug-likeness (QED) is 0.793. The van der Waals surface area contributed by atoms with Gasteiger partial charge >= 0.3 is 0 Å². The number of nitrogens with one attached hydrogen (secondary N) is 1. The molecule has 1 aliphatic rings. The van der Waals surface area contributed by atoms with Crippen LogP contribution in [0.5, 0.6) is 0 Å². The molecule has 0 radical (unpaired) electrons. The molecule has 0 spiro atoms. The van der Waals surface area contributed by atoms with E-state index < -0.39 is 10.0 Å². The molecule has 1 heterocycles. The number of pyridine rings is 1. The molecule has 0 saturated heterocycles. The number of aromatic nitrogens is 1. The summed E-state index contributed by atoms with van der Waals surface area (Å²) in [7, 11) is -0.418. The van der Waals surface area contributed by atoms with Crippen LogP contribution in [0.2, 0.25) is 0 Å². The lowest BCUT2D eigenvalue weighted by atomic mass is 10.2. The molecule has 1 unspecified atom stereocenters. The van der Waals surface area contributed by atoms with Crippen LogP contribution in [0.4, 0.5) is 5.82 Å². The molecule has 7 heteroatoms. The average Bonchev–Trinajstić information content (AvgIpc) is 3.20. The van der Waals surface area contributed by atoms with Gasteiger partial charge in [0, 0.05) is 32.9 Å². The second-order valence-electron chi connectivity index (χ2n) is 5.05. The van der Waals surface area contributed by atoms with E-state index >= 15 is 0 Å². The van der Waals surface area contributed by atoms with Crippen LogP contribution in [0.25, 0.3) is 0 Å². The zero-order valence-electron chi connectivity index (χ0n) is 11.2. The molecule has 106 valence electrons. The number of rotatable bonds is 6. The molecule has 1 aliphatic carbocycles. The highest BCUT2D eigenvalue weighted by molar-refractivity contribution is 7.89. The molecular formula is C12H20N4O2S. The Kier molecular flexibility index (Phi) is 4.07. The van der Waals surface area contributed by atoms with E-state index in [9.17, 15) is 8.42 Å². The predicted molar refractivity (Wildman–Crippen MR) is 74.3 cm³/mol. The smallest absolute Gasteiger partial charge is 0.244 e. The minimum absolute atomic E-state index is 0.145. The molecule has 1 atom stereocenters. The second-order valence-corrected chi connectivity index (χ2v) is 7.20. The fourth-order valence-corrected chi connectivity index (χ4v) is 2.61. The molecular weight excluding hydrogens is 264 g/mol. The van der Waals surface area contributed by atoms with Gasteiger partial charge in [-0.1, -0.05) is 0 Å². The monoisotopic (exact) mass is 284 g/mol. The maximum Gasteiger partial charge on any atom is 0.244 e. The first-order valence-corrected chi connectivity index (χ1v) is 7.73. The van der Waals surface area contributed by atoms with Gasteiger partial charge in [0.1, 0.15) is 10.7 Å². The van der Waals surface area contributed by atoms with Gasteiger partial charge < -0.3 is 11.1 Å². The Morgan fingerprint density at radius 2 is 2.16 bits per heavy atom. The van der Waals surface area contributed by atoms with E-state index in [0.717, 1.165) is 0 Å². The van der Waals surface area contributed by atoms with E-state index in [2.05, 4.69) is 10.3 Å². The van der Waals surface area contributed by atoms with Crippen molar-refractivity contribution >= 4 is 15.8 Å². The van der Waals surface area contributed by atoms with E-state index in [-0.39, 0.29) is 10.9 Å². The average molecular weight is 284 g/mol. The minimum Gasteiger partial charge on any atom is -0.369 e. The molecule has 2 rings (SSSR count). The van der Waals surface area contributed by atoms with Crippen LogP contribution in [-0.2, 0) is 10.0 Å². The van der Waals surface area contributed by atoms with Crippen LogP contribution in [0.3, 0.4) is 0 Å². The lowest BCUT2D eigenvalue weighted by Gasteiger charge is -2.13. The van der Waals surface area contributed by atoms with Crippen LogP contribution in [0.15, 0.2) is 23.2 Å². The van der Waals surface area contributed by atoms with Gasteiger partial charge in [-0.25, -0.2) is 17.7 Å². The summed E-state index contributed by atoms with van der Waals surface area (Å²) in [6, 6.07) is 3.36. The van der Waals surface area contributed by atoms with E-state index in [1.54, 1.807) is 12.1 Å². The lowest BCUT2D eigenvalue weighted by Crippen LogP contribution is -2.31. The Labute approximate surface area is 114 Å². The Morgan fingerprint density at radius 1 is 1.47 bits per heavy atom. The Hall–Kier alpha value is -1.18. The zero-order chi connectivity index (χ0) is 14.0. The summed E-state index contributed by atoms with van der Waals surface area (Å²) in [6.45, 7) is 0.664. The number of hydrogen-bond acceptors (Lipinski definition) is 5. The first kappa shape index (κ1) is 14.2. The van der Waals surface area contributed by atoms with Crippen molar-refractivity contribution in [2.24, 2.45) is 11.7 Å². The molecule has 0 aliphatic heterocycles. The highest BCUT2D eigenvalue weighted by Gasteiger charge is 2.28. The van der Waals surface area contributed by atoms with Gasteiger partial charge in [0.2, 0.25) is 10.0 Å². The van der Waals surface area contributed by atoms with Crippen molar-refractivity contribution in [2.45, 2.75) is 23.8 Å². The number of nitrogens with two attached hydrogens (primary N) is 1. The van der Waals surface area contributed by atoms with Crippen molar-refractivity contribution in [3.05, 3.63) is 18.3 Å². The first-order chi connectivity index (χ1) is 8.91. The van der Waals surface area contributed by atoms with Gasteiger partial charge in [-0.05, 0) is 30.9 Å². The summed E-state index contributed by atoms with van der Waals surface area (Å²) >= 11 is 0. The summed E-state index contributed by atoms with van der Waals surface area (Å²) in [4.78, 5) is 4.30. The summed E-state index contributed by atoms with van der Waals surface area (Å²) in [5, 5.41) is 3.13. The molecule has 0 amide bonds. The number of sulfonamides is 1. The van der Waals surface area contributed by atoms with Crippen molar-refractivity contribution in [2.75, 3.05) is 26.0 Å². The third kappa shape index (κ3) is 3.43. The topological polar surface area (TPSA) is 88.3 Å². The van der Waals surface area contributed by atoms with Crippen molar-refractivity contribution in [1.29, 1.82) is 0 Å². The summed E-state index contributed by atoms with van der Waals surface area (Å²) in [5.41, 5.74) is 5.97. The molecule has 1 saturated carbocycles. The van der Waals surface area contributed by atoms with E-state index in [4.69, 9.17) is 5.73 Å². The van der Waals surface area contributed by atoms with Crippen molar-refractivity contribution in [1.82, 2.24) is 9.29 Å². The first-order valence-electron chi connectivity index (χ1n) is 6.29. The highest BCUT2D eigenvalue weighted by Crippen LogP contribution is 2.31. The molecule has 1 fully saturated rings. The third-order valence-electron chi connectivity index (χ3n) is 3.26. The van der Waals surface area contributed by atoms with Gasteiger partial charge in [-0.2, -0.15) is 0 Å².